The Bertz CT molecular complexity index is 357. The highest BCUT2D eigenvalue weighted by atomic mass is 16.3. The van der Waals surface area contributed by atoms with Gasteiger partial charge < -0.3 is 16.6 Å². The zero-order chi connectivity index (χ0) is 10.6. The summed E-state index contributed by atoms with van der Waals surface area (Å²) in [4.78, 5) is 0. The molecule has 0 aliphatic carbocycles. The van der Waals surface area contributed by atoms with Crippen LogP contribution in [0.2, 0.25) is 0 Å². The lowest BCUT2D eigenvalue weighted by atomic mass is 10.0. The highest BCUT2D eigenvalue weighted by Crippen LogP contribution is 2.21. The minimum Gasteiger partial charge on any atom is -0.398 e. The quantitative estimate of drug-likeness (QED) is 0.607. The number of nitrogen functional groups attached to an aromatic ring is 1. The zero-order valence-electron chi connectivity index (χ0n) is 7.77. The first-order valence-electron chi connectivity index (χ1n) is 4.35. The molecule has 0 spiro atoms. The molecule has 4 heteroatoms. The number of anilines is 1. The van der Waals surface area contributed by atoms with E-state index in [4.69, 9.17) is 21.8 Å². The normalized spacial score (nSPS) is 12.1. The van der Waals surface area contributed by atoms with Crippen LogP contribution in [0.4, 0.5) is 5.69 Å². The molecule has 74 valence electrons. The second-order valence-corrected chi connectivity index (χ2v) is 3.07. The first-order chi connectivity index (χ1) is 6.69. The number of aliphatic hydroxyl groups excluding tert-OH is 1. The maximum absolute atomic E-state index is 8.73. The number of hydrogen-bond donors (Lipinski definition) is 3. The number of rotatable bonds is 3. The van der Waals surface area contributed by atoms with Gasteiger partial charge in [0.25, 0.3) is 0 Å². The molecule has 1 rings (SSSR count). The maximum atomic E-state index is 8.73. The summed E-state index contributed by atoms with van der Waals surface area (Å²) in [5, 5.41) is 17.4. The third kappa shape index (κ3) is 2.22. The van der Waals surface area contributed by atoms with Crippen molar-refractivity contribution in [3.63, 3.8) is 0 Å². The van der Waals surface area contributed by atoms with Crippen molar-refractivity contribution < 1.29 is 5.11 Å². The van der Waals surface area contributed by atoms with Gasteiger partial charge in [0.2, 0.25) is 0 Å². The summed E-state index contributed by atoms with van der Waals surface area (Å²) in [5.74, 6) is 0. The Labute approximate surface area is 82.8 Å². The molecule has 0 radical (unpaired) electrons. The molecule has 0 saturated carbocycles. The van der Waals surface area contributed by atoms with Gasteiger partial charge in [0.05, 0.1) is 11.6 Å². The van der Waals surface area contributed by atoms with Gasteiger partial charge in [0.15, 0.2) is 0 Å². The van der Waals surface area contributed by atoms with E-state index in [1.165, 1.54) is 0 Å². The Balaban J connectivity index is 3.01. The third-order valence-electron chi connectivity index (χ3n) is 2.06. The van der Waals surface area contributed by atoms with Crippen LogP contribution in [0.15, 0.2) is 18.2 Å². The molecule has 5 N–H and O–H groups in total. The average molecular weight is 191 g/mol. The predicted octanol–water partition coefficient (Wildman–Crippen LogP) is 0.523. The van der Waals surface area contributed by atoms with Crippen molar-refractivity contribution in [2.45, 2.75) is 12.5 Å². The van der Waals surface area contributed by atoms with Crippen LogP contribution in [0.1, 0.15) is 23.6 Å². The lowest BCUT2D eigenvalue weighted by Crippen LogP contribution is -2.14. The van der Waals surface area contributed by atoms with Crippen LogP contribution in [0.25, 0.3) is 0 Å². The summed E-state index contributed by atoms with van der Waals surface area (Å²) < 4.78 is 0. The molecule has 0 bridgehead atoms. The highest BCUT2D eigenvalue weighted by Gasteiger charge is 2.09. The van der Waals surface area contributed by atoms with E-state index < -0.39 is 0 Å². The molecule has 0 fully saturated rings. The van der Waals surface area contributed by atoms with Crippen molar-refractivity contribution >= 4 is 5.69 Å². The second kappa shape index (κ2) is 4.61. The van der Waals surface area contributed by atoms with Gasteiger partial charge in [0.1, 0.15) is 0 Å². The summed E-state index contributed by atoms with van der Waals surface area (Å²) in [7, 11) is 0. The fourth-order valence-corrected chi connectivity index (χ4v) is 1.26. The molecule has 0 aromatic heterocycles. The summed E-state index contributed by atoms with van der Waals surface area (Å²) in [5.41, 5.74) is 13.3. The monoisotopic (exact) mass is 191 g/mol. The van der Waals surface area contributed by atoms with E-state index in [1.54, 1.807) is 18.2 Å². The number of nitriles is 1. The molecule has 0 aliphatic rings. The van der Waals surface area contributed by atoms with E-state index in [0.29, 0.717) is 17.7 Å². The molecule has 0 amide bonds. The highest BCUT2D eigenvalue weighted by molar-refractivity contribution is 5.52. The van der Waals surface area contributed by atoms with Crippen molar-refractivity contribution in [2.24, 2.45) is 5.73 Å². The van der Waals surface area contributed by atoms with E-state index in [-0.39, 0.29) is 12.6 Å². The van der Waals surface area contributed by atoms with Gasteiger partial charge in [-0.3, -0.25) is 0 Å². The Morgan fingerprint density at radius 2 is 2.21 bits per heavy atom. The fraction of sp³-hybridized carbons (Fsp3) is 0.300. The minimum atomic E-state index is -0.312. The Hall–Kier alpha value is -1.57. The molecular formula is C10H13N3O. The molecule has 1 aromatic carbocycles. The van der Waals surface area contributed by atoms with Gasteiger partial charge in [-0.15, -0.1) is 0 Å². The van der Waals surface area contributed by atoms with E-state index in [2.05, 4.69) is 0 Å². The molecule has 0 aliphatic heterocycles. The first-order valence-corrected chi connectivity index (χ1v) is 4.35. The van der Waals surface area contributed by atoms with Gasteiger partial charge in [0, 0.05) is 18.3 Å². The van der Waals surface area contributed by atoms with Crippen molar-refractivity contribution in [3.05, 3.63) is 29.3 Å². The van der Waals surface area contributed by atoms with Gasteiger partial charge in [-0.25, -0.2) is 0 Å². The van der Waals surface area contributed by atoms with Gasteiger partial charge >= 0.3 is 0 Å². The van der Waals surface area contributed by atoms with Gasteiger partial charge in [-0.1, -0.05) is 0 Å². The SMILES string of the molecule is N#Cc1ccc(N)c([C@@H](N)CCO)c1. The Kier molecular flexibility index (Phi) is 3.46. The van der Waals surface area contributed by atoms with Crippen molar-refractivity contribution in [2.75, 3.05) is 12.3 Å². The second-order valence-electron chi connectivity index (χ2n) is 3.07. The van der Waals surface area contributed by atoms with Gasteiger partial charge in [-0.2, -0.15) is 5.26 Å². The molecule has 0 saturated heterocycles. The van der Waals surface area contributed by atoms with Crippen molar-refractivity contribution in [1.29, 1.82) is 5.26 Å². The Morgan fingerprint density at radius 1 is 1.50 bits per heavy atom. The summed E-state index contributed by atoms with van der Waals surface area (Å²) in [6.45, 7) is 0.0113. The van der Waals surface area contributed by atoms with Gasteiger partial charge in [-0.05, 0) is 30.2 Å². The number of aliphatic hydroxyl groups is 1. The van der Waals surface area contributed by atoms with Crippen molar-refractivity contribution in [3.8, 4) is 6.07 Å². The summed E-state index contributed by atoms with van der Waals surface area (Å²) >= 11 is 0. The molecule has 1 atom stereocenters. The fourth-order valence-electron chi connectivity index (χ4n) is 1.26. The zero-order valence-corrected chi connectivity index (χ0v) is 7.77. The molecule has 4 nitrogen and oxygen atoms in total. The van der Waals surface area contributed by atoms with Crippen LogP contribution >= 0.6 is 0 Å². The Morgan fingerprint density at radius 3 is 2.79 bits per heavy atom. The minimum absolute atomic E-state index is 0.0113. The van der Waals surface area contributed by atoms with Crippen LogP contribution in [-0.4, -0.2) is 11.7 Å². The van der Waals surface area contributed by atoms with Crippen LogP contribution in [0.3, 0.4) is 0 Å². The lowest BCUT2D eigenvalue weighted by Gasteiger charge is -2.13. The number of hydrogen-bond acceptors (Lipinski definition) is 4. The molecule has 14 heavy (non-hydrogen) atoms. The molecule has 0 heterocycles. The van der Waals surface area contributed by atoms with Crippen LogP contribution < -0.4 is 11.5 Å². The smallest absolute Gasteiger partial charge is 0.0991 e. The number of benzene rings is 1. The first kappa shape index (κ1) is 10.5. The standard InChI is InChI=1S/C10H13N3O/c11-6-7-1-2-9(12)8(5-7)10(13)3-4-14/h1-2,5,10,14H,3-4,12-13H2/t10-/m0/s1. The summed E-state index contributed by atoms with van der Waals surface area (Å²) in [6.07, 6.45) is 0.444. The van der Waals surface area contributed by atoms with E-state index >= 15 is 0 Å². The van der Waals surface area contributed by atoms with E-state index in [9.17, 15) is 0 Å². The largest absolute Gasteiger partial charge is 0.398 e. The molecule has 1 aromatic rings. The predicted molar refractivity (Wildman–Crippen MR) is 54.2 cm³/mol. The summed E-state index contributed by atoms with van der Waals surface area (Å²) in [6, 6.07) is 6.67. The average Bonchev–Trinajstić information content (AvgIpc) is 2.19. The van der Waals surface area contributed by atoms with Crippen LogP contribution in [0, 0.1) is 11.3 Å². The number of nitrogens with two attached hydrogens (primary N) is 2. The molecular weight excluding hydrogens is 178 g/mol. The van der Waals surface area contributed by atoms with E-state index in [0.717, 1.165) is 5.56 Å². The molecule has 0 unspecified atom stereocenters. The van der Waals surface area contributed by atoms with Crippen LogP contribution in [0.5, 0.6) is 0 Å². The lowest BCUT2D eigenvalue weighted by molar-refractivity contribution is 0.276. The van der Waals surface area contributed by atoms with Crippen molar-refractivity contribution in [1.82, 2.24) is 0 Å². The number of nitrogens with zero attached hydrogens (tertiary/aromatic N) is 1. The maximum Gasteiger partial charge on any atom is 0.0991 e. The van der Waals surface area contributed by atoms with E-state index in [1.807, 2.05) is 6.07 Å². The topological polar surface area (TPSA) is 96.1 Å². The third-order valence-corrected chi connectivity index (χ3v) is 2.06. The van der Waals surface area contributed by atoms with Crippen LogP contribution in [-0.2, 0) is 0 Å².